The second kappa shape index (κ2) is 7.41. The monoisotopic (exact) mass is 294 g/mol. The molecule has 1 aliphatic heterocycles. The van der Waals surface area contributed by atoms with E-state index < -0.39 is 6.10 Å². The van der Waals surface area contributed by atoms with Crippen LogP contribution in [0.2, 0.25) is 0 Å². The summed E-state index contributed by atoms with van der Waals surface area (Å²) in [5.41, 5.74) is 0. The number of carbonyl (C=O) groups is 1. The number of hydrogen-bond acceptors (Lipinski definition) is 3. The SMILES string of the molecule is CC[C@H](Oc1ccc(F)cc1)C(=O)NC1CCN(C)CC1. The third kappa shape index (κ3) is 4.70. The van der Waals surface area contributed by atoms with Crippen molar-refractivity contribution in [2.75, 3.05) is 20.1 Å². The summed E-state index contributed by atoms with van der Waals surface area (Å²) in [6.07, 6.45) is 1.98. The van der Waals surface area contributed by atoms with Gasteiger partial charge in [-0.25, -0.2) is 4.39 Å². The van der Waals surface area contributed by atoms with Crippen LogP contribution < -0.4 is 10.1 Å². The first kappa shape index (κ1) is 15.8. The average Bonchev–Trinajstić information content (AvgIpc) is 2.49. The number of carbonyl (C=O) groups excluding carboxylic acids is 1. The van der Waals surface area contributed by atoms with Crippen molar-refractivity contribution in [1.82, 2.24) is 10.2 Å². The molecule has 1 aromatic rings. The lowest BCUT2D eigenvalue weighted by Gasteiger charge is -2.30. The molecule has 1 N–H and O–H groups in total. The van der Waals surface area contributed by atoms with Gasteiger partial charge in [-0.3, -0.25) is 4.79 Å². The first-order chi connectivity index (χ1) is 10.1. The average molecular weight is 294 g/mol. The van der Waals surface area contributed by atoms with E-state index in [-0.39, 0.29) is 17.8 Å². The Kier molecular flexibility index (Phi) is 5.56. The Morgan fingerprint density at radius 2 is 2.00 bits per heavy atom. The highest BCUT2D eigenvalue weighted by Gasteiger charge is 2.23. The predicted octanol–water partition coefficient (Wildman–Crippen LogP) is 2.19. The number of nitrogens with zero attached hydrogens (tertiary/aromatic N) is 1. The fraction of sp³-hybridized carbons (Fsp3) is 0.562. The van der Waals surface area contributed by atoms with Gasteiger partial charge in [0.25, 0.3) is 5.91 Å². The molecule has 1 heterocycles. The van der Waals surface area contributed by atoms with Crippen molar-refractivity contribution in [2.45, 2.75) is 38.3 Å². The van der Waals surface area contributed by atoms with Crippen LogP contribution in [0.3, 0.4) is 0 Å². The van der Waals surface area contributed by atoms with Crippen LogP contribution in [-0.4, -0.2) is 43.1 Å². The van der Waals surface area contributed by atoms with E-state index in [1.165, 1.54) is 12.1 Å². The first-order valence-corrected chi connectivity index (χ1v) is 7.49. The highest BCUT2D eigenvalue weighted by Crippen LogP contribution is 2.15. The smallest absolute Gasteiger partial charge is 0.261 e. The minimum Gasteiger partial charge on any atom is -0.481 e. The molecule has 1 aliphatic rings. The number of halogens is 1. The van der Waals surface area contributed by atoms with Gasteiger partial charge in [0.2, 0.25) is 0 Å². The number of nitrogens with one attached hydrogen (secondary N) is 1. The normalized spacial score (nSPS) is 18.2. The van der Waals surface area contributed by atoms with Crippen molar-refractivity contribution in [1.29, 1.82) is 0 Å². The number of likely N-dealkylation sites (tertiary alicyclic amines) is 1. The zero-order valence-electron chi connectivity index (χ0n) is 12.6. The number of rotatable bonds is 5. The quantitative estimate of drug-likeness (QED) is 0.905. The Hall–Kier alpha value is -1.62. The molecule has 1 aromatic carbocycles. The summed E-state index contributed by atoms with van der Waals surface area (Å²) in [6, 6.07) is 5.97. The van der Waals surface area contributed by atoms with Gasteiger partial charge in [-0.05, 0) is 63.7 Å². The summed E-state index contributed by atoms with van der Waals surface area (Å²) >= 11 is 0. The summed E-state index contributed by atoms with van der Waals surface area (Å²) in [7, 11) is 2.09. The Balaban J connectivity index is 1.87. The maximum absolute atomic E-state index is 12.9. The minimum atomic E-state index is -0.532. The highest BCUT2D eigenvalue weighted by molar-refractivity contribution is 5.81. The zero-order valence-corrected chi connectivity index (χ0v) is 12.6. The lowest BCUT2D eigenvalue weighted by Crippen LogP contribution is -2.47. The van der Waals surface area contributed by atoms with Crippen molar-refractivity contribution in [2.24, 2.45) is 0 Å². The van der Waals surface area contributed by atoms with Crippen LogP contribution in [0, 0.1) is 5.82 Å². The first-order valence-electron chi connectivity index (χ1n) is 7.49. The van der Waals surface area contributed by atoms with E-state index in [9.17, 15) is 9.18 Å². The number of amides is 1. The van der Waals surface area contributed by atoms with Crippen LogP contribution in [0.25, 0.3) is 0 Å². The molecule has 1 fully saturated rings. The van der Waals surface area contributed by atoms with Crippen molar-refractivity contribution in [3.8, 4) is 5.75 Å². The van der Waals surface area contributed by atoms with Gasteiger partial charge in [-0.15, -0.1) is 0 Å². The molecule has 0 spiro atoms. The zero-order chi connectivity index (χ0) is 15.2. The standard InChI is InChI=1S/C16H23FN2O2/c1-3-15(21-14-6-4-12(17)5-7-14)16(20)18-13-8-10-19(2)11-9-13/h4-7,13,15H,3,8-11H2,1-2H3,(H,18,20)/t15-/m0/s1. The van der Waals surface area contributed by atoms with E-state index in [0.717, 1.165) is 25.9 Å². The predicted molar refractivity (Wildman–Crippen MR) is 79.8 cm³/mol. The lowest BCUT2D eigenvalue weighted by atomic mass is 10.1. The number of benzene rings is 1. The minimum absolute atomic E-state index is 0.0867. The molecular formula is C16H23FN2O2. The molecule has 21 heavy (non-hydrogen) atoms. The van der Waals surface area contributed by atoms with Crippen molar-refractivity contribution < 1.29 is 13.9 Å². The molecule has 0 aliphatic carbocycles. The van der Waals surface area contributed by atoms with Crippen molar-refractivity contribution in [3.05, 3.63) is 30.1 Å². The summed E-state index contributed by atoms with van der Waals surface area (Å²) in [5, 5.41) is 3.06. The molecular weight excluding hydrogens is 271 g/mol. The van der Waals surface area contributed by atoms with Crippen LogP contribution in [-0.2, 0) is 4.79 Å². The molecule has 0 saturated carbocycles. The second-order valence-electron chi connectivity index (χ2n) is 5.55. The summed E-state index contributed by atoms with van der Waals surface area (Å²) in [5.74, 6) is 0.115. The molecule has 116 valence electrons. The third-order valence-electron chi connectivity index (χ3n) is 3.82. The summed E-state index contributed by atoms with van der Waals surface area (Å²) in [6.45, 7) is 3.91. The van der Waals surface area contributed by atoms with Gasteiger partial charge in [0.1, 0.15) is 11.6 Å². The highest BCUT2D eigenvalue weighted by atomic mass is 19.1. The molecule has 2 rings (SSSR count). The van der Waals surface area contributed by atoms with Gasteiger partial charge in [0.15, 0.2) is 6.10 Å². The fourth-order valence-corrected chi connectivity index (χ4v) is 2.45. The lowest BCUT2D eigenvalue weighted by molar-refractivity contribution is -0.129. The molecule has 0 bridgehead atoms. The van der Waals surface area contributed by atoms with E-state index in [2.05, 4.69) is 17.3 Å². The molecule has 0 radical (unpaired) electrons. The van der Waals surface area contributed by atoms with Gasteiger partial charge in [0.05, 0.1) is 0 Å². The molecule has 5 heteroatoms. The number of ether oxygens (including phenoxy) is 1. The topological polar surface area (TPSA) is 41.6 Å². The fourth-order valence-electron chi connectivity index (χ4n) is 2.45. The molecule has 1 atom stereocenters. The Labute approximate surface area is 125 Å². The van der Waals surface area contributed by atoms with E-state index in [1.54, 1.807) is 12.1 Å². The number of piperidine rings is 1. The van der Waals surface area contributed by atoms with Crippen LogP contribution >= 0.6 is 0 Å². The van der Waals surface area contributed by atoms with Crippen molar-refractivity contribution in [3.63, 3.8) is 0 Å². The van der Waals surface area contributed by atoms with Gasteiger partial charge in [-0.1, -0.05) is 6.92 Å². The van der Waals surface area contributed by atoms with E-state index in [1.807, 2.05) is 6.92 Å². The van der Waals surface area contributed by atoms with Crippen LogP contribution in [0.1, 0.15) is 26.2 Å². The van der Waals surface area contributed by atoms with E-state index in [4.69, 9.17) is 4.74 Å². The summed E-state index contributed by atoms with van der Waals surface area (Å²) < 4.78 is 18.5. The van der Waals surface area contributed by atoms with Crippen molar-refractivity contribution >= 4 is 5.91 Å². The van der Waals surface area contributed by atoms with Crippen LogP contribution in [0.5, 0.6) is 5.75 Å². The second-order valence-corrected chi connectivity index (χ2v) is 5.55. The molecule has 0 unspecified atom stereocenters. The maximum atomic E-state index is 12.9. The van der Waals surface area contributed by atoms with Gasteiger partial charge in [-0.2, -0.15) is 0 Å². The molecule has 1 saturated heterocycles. The number of hydrogen-bond donors (Lipinski definition) is 1. The maximum Gasteiger partial charge on any atom is 0.261 e. The Bertz CT molecular complexity index is 456. The van der Waals surface area contributed by atoms with Crippen LogP contribution in [0.4, 0.5) is 4.39 Å². The third-order valence-corrected chi connectivity index (χ3v) is 3.82. The van der Waals surface area contributed by atoms with Gasteiger partial charge in [0, 0.05) is 6.04 Å². The van der Waals surface area contributed by atoms with Gasteiger partial charge < -0.3 is 15.0 Å². The van der Waals surface area contributed by atoms with Gasteiger partial charge >= 0.3 is 0 Å². The Morgan fingerprint density at radius 1 is 1.38 bits per heavy atom. The van der Waals surface area contributed by atoms with E-state index >= 15 is 0 Å². The Morgan fingerprint density at radius 3 is 2.57 bits per heavy atom. The molecule has 4 nitrogen and oxygen atoms in total. The summed E-state index contributed by atoms with van der Waals surface area (Å²) in [4.78, 5) is 14.5. The largest absolute Gasteiger partial charge is 0.481 e. The molecule has 1 amide bonds. The van der Waals surface area contributed by atoms with E-state index in [0.29, 0.717) is 12.2 Å². The van der Waals surface area contributed by atoms with Crippen LogP contribution in [0.15, 0.2) is 24.3 Å². The molecule has 0 aromatic heterocycles.